The van der Waals surface area contributed by atoms with Crippen LogP contribution in [0, 0.1) is 10.1 Å². The summed E-state index contributed by atoms with van der Waals surface area (Å²) in [6.07, 6.45) is 6.99. The van der Waals surface area contributed by atoms with Gasteiger partial charge in [0.25, 0.3) is 5.69 Å². The Morgan fingerprint density at radius 2 is 1.65 bits per heavy atom. The summed E-state index contributed by atoms with van der Waals surface area (Å²) in [5.41, 5.74) is 0.101. The third kappa shape index (κ3) is 7.54. The first-order valence-electron chi connectivity index (χ1n) is 7.98. The van der Waals surface area contributed by atoms with Gasteiger partial charge >= 0.3 is 5.97 Å². The Hall–Kier alpha value is -2.24. The van der Waals surface area contributed by atoms with E-state index < -0.39 is 10.9 Å². The van der Waals surface area contributed by atoms with Crippen LogP contribution in [0.15, 0.2) is 24.3 Å². The van der Waals surface area contributed by atoms with Crippen LogP contribution in [0.4, 0.5) is 5.69 Å². The largest absolute Gasteiger partial charge is 0.454 e. The molecule has 126 valence electrons. The van der Waals surface area contributed by atoms with E-state index in [1.54, 1.807) is 0 Å². The predicted molar refractivity (Wildman–Crippen MR) is 86.4 cm³/mol. The molecule has 0 unspecified atom stereocenters. The maximum absolute atomic E-state index is 11.7. The van der Waals surface area contributed by atoms with E-state index >= 15 is 0 Å². The van der Waals surface area contributed by atoms with Gasteiger partial charge in [-0.05, 0) is 18.6 Å². The lowest BCUT2D eigenvalue weighted by Gasteiger charge is -2.04. The minimum Gasteiger partial charge on any atom is -0.454 e. The number of nitro groups is 1. The van der Waals surface area contributed by atoms with Gasteiger partial charge in [-0.15, -0.1) is 0 Å². The van der Waals surface area contributed by atoms with E-state index in [-0.39, 0.29) is 23.6 Å². The number of carbonyl (C=O) groups is 2. The van der Waals surface area contributed by atoms with E-state index in [1.165, 1.54) is 43.5 Å². The quantitative estimate of drug-likeness (QED) is 0.265. The number of rotatable bonds is 11. The Morgan fingerprint density at radius 3 is 2.26 bits per heavy atom. The van der Waals surface area contributed by atoms with Gasteiger partial charge in [-0.25, -0.2) is 4.79 Å². The van der Waals surface area contributed by atoms with Crippen LogP contribution >= 0.6 is 0 Å². The number of esters is 1. The minimum atomic E-state index is -0.642. The highest BCUT2D eigenvalue weighted by molar-refractivity contribution is 5.91. The lowest BCUT2D eigenvalue weighted by molar-refractivity contribution is -0.384. The summed E-state index contributed by atoms with van der Waals surface area (Å²) >= 11 is 0. The van der Waals surface area contributed by atoms with Crippen LogP contribution in [-0.4, -0.2) is 23.3 Å². The maximum atomic E-state index is 11.7. The van der Waals surface area contributed by atoms with Crippen molar-refractivity contribution in [1.29, 1.82) is 0 Å². The lowest BCUT2D eigenvalue weighted by Crippen LogP contribution is -2.13. The molecule has 0 aliphatic heterocycles. The third-order valence-electron chi connectivity index (χ3n) is 3.49. The first kappa shape index (κ1) is 18.8. The van der Waals surface area contributed by atoms with Crippen molar-refractivity contribution < 1.29 is 19.2 Å². The van der Waals surface area contributed by atoms with E-state index in [2.05, 4.69) is 6.92 Å². The molecular formula is C17H23NO5. The zero-order valence-corrected chi connectivity index (χ0v) is 13.5. The molecule has 1 aromatic rings. The van der Waals surface area contributed by atoms with Gasteiger partial charge < -0.3 is 4.74 Å². The Morgan fingerprint density at radius 1 is 1.04 bits per heavy atom. The fraction of sp³-hybridized carbons (Fsp3) is 0.529. The van der Waals surface area contributed by atoms with Crippen LogP contribution in [0.3, 0.4) is 0 Å². The van der Waals surface area contributed by atoms with Crippen molar-refractivity contribution in [3.05, 3.63) is 39.9 Å². The highest BCUT2D eigenvalue weighted by Gasteiger charge is 2.12. The summed E-state index contributed by atoms with van der Waals surface area (Å²) in [5.74, 6) is -0.744. The van der Waals surface area contributed by atoms with Gasteiger partial charge in [0.05, 0.1) is 10.5 Å². The molecule has 0 heterocycles. The average Bonchev–Trinajstić information content (AvgIpc) is 2.55. The standard InChI is InChI=1S/C17H23NO5/c1-2-3-4-5-6-7-8-16(19)13-23-17(20)14-9-11-15(12-10-14)18(21)22/h9-12H,2-8,13H2,1H3. The van der Waals surface area contributed by atoms with E-state index in [0.717, 1.165) is 19.3 Å². The molecule has 0 amide bonds. The van der Waals surface area contributed by atoms with Gasteiger partial charge in [-0.2, -0.15) is 0 Å². The van der Waals surface area contributed by atoms with Crippen LogP contribution in [0.1, 0.15) is 62.2 Å². The number of benzene rings is 1. The van der Waals surface area contributed by atoms with Crippen molar-refractivity contribution in [2.45, 2.75) is 51.9 Å². The smallest absolute Gasteiger partial charge is 0.338 e. The molecule has 0 N–H and O–H groups in total. The second kappa shape index (κ2) is 10.5. The van der Waals surface area contributed by atoms with E-state index in [1.807, 2.05) is 0 Å². The zero-order valence-electron chi connectivity index (χ0n) is 13.5. The van der Waals surface area contributed by atoms with E-state index in [4.69, 9.17) is 4.74 Å². The van der Waals surface area contributed by atoms with Crippen molar-refractivity contribution in [3.63, 3.8) is 0 Å². The molecule has 0 aromatic heterocycles. The molecule has 0 spiro atoms. The molecule has 1 rings (SSSR count). The third-order valence-corrected chi connectivity index (χ3v) is 3.49. The Balaban J connectivity index is 2.24. The van der Waals surface area contributed by atoms with Gasteiger partial charge in [-0.1, -0.05) is 39.0 Å². The molecule has 0 radical (unpaired) electrons. The van der Waals surface area contributed by atoms with Crippen molar-refractivity contribution in [3.8, 4) is 0 Å². The number of ether oxygens (including phenoxy) is 1. The van der Waals surface area contributed by atoms with Gasteiger partial charge in [0, 0.05) is 18.6 Å². The highest BCUT2D eigenvalue weighted by atomic mass is 16.6. The fourth-order valence-electron chi connectivity index (χ4n) is 2.12. The molecule has 0 aliphatic carbocycles. The van der Waals surface area contributed by atoms with Crippen LogP contribution in [0.25, 0.3) is 0 Å². The van der Waals surface area contributed by atoms with Gasteiger partial charge in [-0.3, -0.25) is 14.9 Å². The summed E-state index contributed by atoms with van der Waals surface area (Å²) < 4.78 is 4.93. The monoisotopic (exact) mass is 321 g/mol. The SMILES string of the molecule is CCCCCCCCC(=O)COC(=O)c1ccc([N+](=O)[O-])cc1. The zero-order chi connectivity index (χ0) is 17.1. The van der Waals surface area contributed by atoms with E-state index in [0.29, 0.717) is 6.42 Å². The number of hydrogen-bond donors (Lipinski definition) is 0. The van der Waals surface area contributed by atoms with Crippen molar-refractivity contribution in [1.82, 2.24) is 0 Å². The topological polar surface area (TPSA) is 86.5 Å². The first-order chi connectivity index (χ1) is 11.0. The highest BCUT2D eigenvalue weighted by Crippen LogP contribution is 2.13. The van der Waals surface area contributed by atoms with Crippen molar-refractivity contribution in [2.75, 3.05) is 6.61 Å². The minimum absolute atomic E-state index is 0.0966. The van der Waals surface area contributed by atoms with Gasteiger partial charge in [0.2, 0.25) is 0 Å². The summed E-state index contributed by atoms with van der Waals surface area (Å²) in [6.45, 7) is 1.91. The van der Waals surface area contributed by atoms with Crippen LogP contribution in [0.2, 0.25) is 0 Å². The normalized spacial score (nSPS) is 10.3. The number of unbranched alkanes of at least 4 members (excludes halogenated alkanes) is 5. The van der Waals surface area contributed by atoms with Crippen molar-refractivity contribution in [2.24, 2.45) is 0 Å². The molecule has 0 bridgehead atoms. The lowest BCUT2D eigenvalue weighted by atomic mass is 10.1. The number of nitro benzene ring substituents is 1. The number of non-ortho nitro benzene ring substituents is 1. The number of carbonyl (C=O) groups excluding carboxylic acids is 2. The number of hydrogen-bond acceptors (Lipinski definition) is 5. The molecule has 1 aromatic carbocycles. The fourth-order valence-corrected chi connectivity index (χ4v) is 2.12. The molecular weight excluding hydrogens is 298 g/mol. The molecule has 0 saturated carbocycles. The molecule has 6 heteroatoms. The Labute approximate surface area is 136 Å². The number of ketones is 1. The van der Waals surface area contributed by atoms with Crippen LogP contribution in [0.5, 0.6) is 0 Å². The maximum Gasteiger partial charge on any atom is 0.338 e. The molecule has 6 nitrogen and oxygen atoms in total. The molecule has 0 atom stereocenters. The molecule has 23 heavy (non-hydrogen) atoms. The first-order valence-corrected chi connectivity index (χ1v) is 7.98. The van der Waals surface area contributed by atoms with Crippen LogP contribution in [-0.2, 0) is 9.53 Å². The summed E-state index contributed by atoms with van der Waals surface area (Å²) in [5, 5.41) is 10.5. The van der Waals surface area contributed by atoms with Gasteiger partial charge in [0.15, 0.2) is 5.78 Å². The summed E-state index contributed by atoms with van der Waals surface area (Å²) in [7, 11) is 0. The average molecular weight is 321 g/mol. The van der Waals surface area contributed by atoms with Crippen molar-refractivity contribution >= 4 is 17.4 Å². The molecule has 0 saturated heterocycles. The second-order valence-corrected chi connectivity index (χ2v) is 5.44. The predicted octanol–water partition coefficient (Wildman–Crippen LogP) is 4.07. The number of Topliss-reactive ketones (excluding diaryl/α,β-unsaturated/α-hetero) is 1. The Bertz CT molecular complexity index is 524. The van der Waals surface area contributed by atoms with Crippen LogP contribution < -0.4 is 0 Å². The summed E-state index contributed by atoms with van der Waals surface area (Å²) in [6, 6.07) is 5.10. The van der Waals surface area contributed by atoms with E-state index in [9.17, 15) is 19.7 Å². The number of nitrogens with zero attached hydrogens (tertiary/aromatic N) is 1. The molecule has 0 fully saturated rings. The Kier molecular flexibility index (Phi) is 8.57. The summed E-state index contributed by atoms with van der Waals surface area (Å²) in [4.78, 5) is 33.4. The van der Waals surface area contributed by atoms with Gasteiger partial charge in [0.1, 0.15) is 6.61 Å². The molecule has 0 aliphatic rings. The second-order valence-electron chi connectivity index (χ2n) is 5.44.